The molecule has 2 N–H and O–H groups in total. The van der Waals surface area contributed by atoms with E-state index in [-0.39, 0.29) is 23.4 Å². The van der Waals surface area contributed by atoms with Crippen LogP contribution in [-0.2, 0) is 49.6 Å². The Labute approximate surface area is 300 Å². The maximum atomic E-state index is 12.8. The molecule has 2 aliphatic heterocycles. The van der Waals surface area contributed by atoms with Gasteiger partial charge in [-0.3, -0.25) is 20.2 Å². The van der Waals surface area contributed by atoms with Crippen molar-refractivity contribution >= 4 is 43.3 Å². The number of aromatic nitrogens is 2. The predicted octanol–water partition coefficient (Wildman–Crippen LogP) is 3.93. The van der Waals surface area contributed by atoms with E-state index < -0.39 is 57.1 Å². The molecule has 0 atom stereocenters. The summed E-state index contributed by atoms with van der Waals surface area (Å²) < 4.78 is 68.6. The summed E-state index contributed by atoms with van der Waals surface area (Å²) in [6.45, 7) is 14.3. The molecule has 2 aromatic heterocycles. The third-order valence-corrected chi connectivity index (χ3v) is 15.0. The third-order valence-electron chi connectivity index (χ3n) is 9.40. The molecule has 4 rings (SSSR count). The maximum absolute atomic E-state index is 12.8. The second-order valence-corrected chi connectivity index (χ2v) is 20.1. The summed E-state index contributed by atoms with van der Waals surface area (Å²) in [5, 5.41) is 21.1. The number of rotatable bonds is 11. The first-order valence-corrected chi connectivity index (χ1v) is 19.8. The van der Waals surface area contributed by atoms with Gasteiger partial charge in [0.2, 0.25) is 23.6 Å². The van der Waals surface area contributed by atoms with Crippen LogP contribution in [0, 0.1) is 29.6 Å². The predicted molar refractivity (Wildman–Crippen MR) is 189 cm³/mol. The SMILES string of the molecule is C#CC(C)(C)c1cc(NC(=O)C(C)(C)S(=O)(=O)CC2CCOCC2)on1.CC(C)(C#N)c1cc(NC(=O)C(C)(C)S(=O)(=O)C2CCOCC2)on1. The van der Waals surface area contributed by atoms with E-state index in [1.807, 2.05) is 0 Å². The van der Waals surface area contributed by atoms with Gasteiger partial charge in [-0.05, 0) is 87.0 Å². The van der Waals surface area contributed by atoms with Gasteiger partial charge < -0.3 is 18.5 Å². The van der Waals surface area contributed by atoms with Gasteiger partial charge in [0.15, 0.2) is 19.7 Å². The van der Waals surface area contributed by atoms with E-state index in [1.165, 1.54) is 39.8 Å². The average molecular weight is 752 g/mol. The fraction of sp³-hybridized carbons (Fsp3) is 0.676. The lowest BCUT2D eigenvalue weighted by molar-refractivity contribution is -0.118. The first kappa shape index (κ1) is 41.6. The van der Waals surface area contributed by atoms with Gasteiger partial charge in [0.1, 0.15) is 20.9 Å². The number of amides is 2. The van der Waals surface area contributed by atoms with E-state index in [1.54, 1.807) is 27.7 Å². The van der Waals surface area contributed by atoms with Gasteiger partial charge in [-0.1, -0.05) is 16.2 Å². The van der Waals surface area contributed by atoms with Crippen LogP contribution in [0.15, 0.2) is 21.2 Å². The van der Waals surface area contributed by atoms with Crippen molar-refractivity contribution in [2.24, 2.45) is 5.92 Å². The molecule has 0 bridgehead atoms. The van der Waals surface area contributed by atoms with Crippen molar-refractivity contribution in [1.29, 1.82) is 5.26 Å². The Morgan fingerprint density at radius 3 is 1.67 bits per heavy atom. The van der Waals surface area contributed by atoms with Crippen molar-refractivity contribution in [1.82, 2.24) is 10.3 Å². The number of hydrogen-bond donors (Lipinski definition) is 2. The number of ether oxygens (including phenoxy) is 2. The molecule has 51 heavy (non-hydrogen) atoms. The van der Waals surface area contributed by atoms with Crippen molar-refractivity contribution in [3.63, 3.8) is 0 Å². The molecule has 17 heteroatoms. The lowest BCUT2D eigenvalue weighted by atomic mass is 9.91. The molecule has 282 valence electrons. The van der Waals surface area contributed by atoms with Crippen molar-refractivity contribution in [3.05, 3.63) is 23.5 Å². The summed E-state index contributed by atoms with van der Waals surface area (Å²) in [4.78, 5) is 25.2. The van der Waals surface area contributed by atoms with E-state index in [0.29, 0.717) is 63.5 Å². The zero-order chi connectivity index (χ0) is 38.5. The number of nitrogens with one attached hydrogen (secondary N) is 2. The van der Waals surface area contributed by atoms with Crippen LogP contribution in [0.5, 0.6) is 0 Å². The van der Waals surface area contributed by atoms with E-state index in [2.05, 4.69) is 32.9 Å². The average Bonchev–Trinajstić information content (AvgIpc) is 3.76. The number of sulfone groups is 2. The molecule has 15 nitrogen and oxygen atoms in total. The molecule has 2 saturated heterocycles. The minimum absolute atomic E-state index is 0.00846. The zero-order valence-corrected chi connectivity index (χ0v) is 32.1. The Balaban J connectivity index is 0.000000276. The van der Waals surface area contributed by atoms with Gasteiger partial charge in [-0.15, -0.1) is 6.42 Å². The molecule has 2 fully saturated rings. The van der Waals surface area contributed by atoms with Crippen LogP contribution in [0.25, 0.3) is 0 Å². The van der Waals surface area contributed by atoms with Crippen LogP contribution in [-0.4, -0.2) is 85.9 Å². The minimum atomic E-state index is -3.71. The lowest BCUT2D eigenvalue weighted by Gasteiger charge is -2.30. The molecule has 4 heterocycles. The van der Waals surface area contributed by atoms with E-state index in [0.717, 1.165) is 0 Å². The Morgan fingerprint density at radius 2 is 1.22 bits per heavy atom. The highest BCUT2D eigenvalue weighted by Crippen LogP contribution is 2.31. The molecule has 0 aromatic carbocycles. The van der Waals surface area contributed by atoms with Gasteiger partial charge in [0, 0.05) is 38.6 Å². The van der Waals surface area contributed by atoms with Crippen LogP contribution in [0.3, 0.4) is 0 Å². The van der Waals surface area contributed by atoms with Crippen molar-refractivity contribution < 1.29 is 44.9 Å². The Hall–Kier alpha value is -3.77. The molecular formula is C34H49N5O10S2. The van der Waals surface area contributed by atoms with Crippen LogP contribution < -0.4 is 10.6 Å². The summed E-state index contributed by atoms with van der Waals surface area (Å²) in [6, 6.07) is 5.02. The number of nitrogens with zero attached hydrogens (tertiary/aromatic N) is 3. The summed E-state index contributed by atoms with van der Waals surface area (Å²) in [5.41, 5.74) is -0.693. The second kappa shape index (κ2) is 15.9. The zero-order valence-electron chi connectivity index (χ0n) is 30.5. The van der Waals surface area contributed by atoms with Gasteiger partial charge in [-0.25, -0.2) is 16.8 Å². The van der Waals surface area contributed by atoms with Gasteiger partial charge in [0.25, 0.3) is 0 Å². The highest BCUT2D eigenvalue weighted by atomic mass is 32.2. The Bertz CT molecular complexity index is 1850. The molecule has 2 aromatic rings. The molecular weight excluding hydrogens is 703 g/mol. The number of nitriles is 1. The van der Waals surface area contributed by atoms with Crippen LogP contribution in [0.2, 0.25) is 0 Å². The molecule has 2 amide bonds. The van der Waals surface area contributed by atoms with Crippen LogP contribution in [0.4, 0.5) is 11.8 Å². The monoisotopic (exact) mass is 751 g/mol. The van der Waals surface area contributed by atoms with E-state index in [4.69, 9.17) is 30.2 Å². The maximum Gasteiger partial charge on any atom is 0.247 e. The first-order valence-electron chi connectivity index (χ1n) is 16.6. The van der Waals surface area contributed by atoms with Gasteiger partial charge in [0.05, 0.1) is 27.9 Å². The summed E-state index contributed by atoms with van der Waals surface area (Å²) in [6.07, 6.45) is 7.58. The van der Waals surface area contributed by atoms with Gasteiger partial charge >= 0.3 is 0 Å². The van der Waals surface area contributed by atoms with Crippen molar-refractivity contribution in [2.45, 2.75) is 107 Å². The summed E-state index contributed by atoms with van der Waals surface area (Å²) in [7, 11) is -7.38. The van der Waals surface area contributed by atoms with Crippen LogP contribution in [0.1, 0.15) is 92.5 Å². The number of anilines is 2. The molecule has 0 unspecified atom stereocenters. The van der Waals surface area contributed by atoms with Gasteiger partial charge in [-0.2, -0.15) is 5.26 Å². The van der Waals surface area contributed by atoms with E-state index in [9.17, 15) is 26.4 Å². The largest absolute Gasteiger partial charge is 0.381 e. The van der Waals surface area contributed by atoms with Crippen molar-refractivity contribution in [3.8, 4) is 18.4 Å². The highest BCUT2D eigenvalue weighted by Gasteiger charge is 2.47. The lowest BCUT2D eigenvalue weighted by Crippen LogP contribution is -2.50. The smallest absolute Gasteiger partial charge is 0.247 e. The quantitative estimate of drug-likeness (QED) is 0.311. The molecule has 0 radical (unpaired) electrons. The fourth-order valence-corrected chi connectivity index (χ4v) is 8.68. The Kier molecular flexibility index (Phi) is 12.9. The standard InChI is InChI=1S/C18H26N2O5S.C16H23N3O5S/c1-6-17(2,3)14-11-15(25-20-14)19-16(21)18(4,5)26(22,23)12-13-7-9-24-10-8-13;1-15(2,10-17)12-9-13(24-19-12)18-14(20)16(3,4)25(21,22)11-5-7-23-8-6-11/h1,11,13H,7-10,12H2,2-5H3,(H,19,21);9,11H,5-8H2,1-4H3,(H,18,20). The third kappa shape index (κ3) is 9.57. The number of terminal acetylenes is 1. The number of carbonyl (C=O) groups excluding carboxylic acids is 2. The Morgan fingerprint density at radius 1 is 0.784 bits per heavy atom. The fourth-order valence-electron chi connectivity index (χ4n) is 5.02. The second-order valence-electron chi connectivity index (χ2n) is 14.8. The van der Waals surface area contributed by atoms with Crippen LogP contribution >= 0.6 is 0 Å². The molecule has 0 spiro atoms. The molecule has 0 aliphatic carbocycles. The summed E-state index contributed by atoms with van der Waals surface area (Å²) >= 11 is 0. The first-order chi connectivity index (χ1) is 23.5. The molecule has 0 saturated carbocycles. The highest BCUT2D eigenvalue weighted by molar-refractivity contribution is 7.94. The minimum Gasteiger partial charge on any atom is -0.381 e. The normalized spacial score (nSPS) is 17.0. The molecule has 2 aliphatic rings. The number of hydrogen-bond acceptors (Lipinski definition) is 13. The topological polar surface area (TPSA) is 221 Å². The van der Waals surface area contributed by atoms with Crippen molar-refractivity contribution in [2.75, 3.05) is 42.8 Å². The summed E-state index contributed by atoms with van der Waals surface area (Å²) in [5.74, 6) is 1.28. The van der Waals surface area contributed by atoms with E-state index >= 15 is 0 Å². The number of carbonyl (C=O) groups is 2.